The number of fused-ring (bicyclic) bond motifs is 6. The van der Waals surface area contributed by atoms with E-state index in [4.69, 9.17) is 0 Å². The van der Waals surface area contributed by atoms with E-state index in [0.29, 0.717) is 0 Å². The van der Waals surface area contributed by atoms with Crippen molar-refractivity contribution in [1.29, 1.82) is 0 Å². The zero-order valence-corrected chi connectivity index (χ0v) is 48.6. The molecule has 0 saturated heterocycles. The Morgan fingerprint density at radius 1 is 0.375 bits per heavy atom. The first-order valence-electron chi connectivity index (χ1n) is 24.1. The first kappa shape index (κ1) is 57.7. The van der Waals surface area contributed by atoms with Crippen LogP contribution in [0.4, 0.5) is 0 Å². The zero-order valence-electron chi connectivity index (χ0n) is 42.2. The second-order valence-corrected chi connectivity index (χ2v) is 20.4. The zero-order chi connectivity index (χ0) is 49.2. The molecule has 0 spiro atoms. The SMILES string of the molecule is CC1=CC[C-]=C1.CC1=CC[C-]=C1.Cc1[c-]c2c(cc1)-c1ccc(C)cc1C2.Cc1[c-]c2c(cc1)-c1ccc(C)cc1C2.[Cl-].[Cl-].[Zr+2]=[C](c1ccccc1)c1ccccc1.[Zr+2]=[C](c1ccccc1)c1ccccc1. The van der Waals surface area contributed by atoms with Crippen LogP contribution in [0.2, 0.25) is 0 Å². The third-order valence-corrected chi connectivity index (χ3v) is 15.0. The molecule has 0 saturated carbocycles. The van der Waals surface area contributed by atoms with Crippen LogP contribution in [0, 0.1) is 52.0 Å². The summed E-state index contributed by atoms with van der Waals surface area (Å²) >= 11 is 2.92. The van der Waals surface area contributed by atoms with E-state index in [1.807, 2.05) is 12.2 Å². The predicted octanol–water partition coefficient (Wildman–Crippen LogP) is 10.4. The molecule has 0 fully saturated rings. The van der Waals surface area contributed by atoms with Gasteiger partial charge >= 0.3 is 198 Å². The summed E-state index contributed by atoms with van der Waals surface area (Å²) in [5.74, 6) is 0. The van der Waals surface area contributed by atoms with Gasteiger partial charge in [-0.2, -0.15) is 59.7 Å². The van der Waals surface area contributed by atoms with Gasteiger partial charge < -0.3 is 24.8 Å². The number of rotatable bonds is 4. The maximum absolute atomic E-state index is 3.45. The van der Waals surface area contributed by atoms with Crippen LogP contribution in [-0.4, -0.2) is 6.41 Å². The van der Waals surface area contributed by atoms with E-state index in [1.54, 1.807) is 0 Å². The number of allylic oxidation sites excluding steroid dienone is 8. The number of hydrogen-bond donors (Lipinski definition) is 0. The molecule has 4 heteroatoms. The van der Waals surface area contributed by atoms with Crippen molar-refractivity contribution in [3.05, 3.63) is 308 Å². The van der Waals surface area contributed by atoms with E-state index < -0.39 is 0 Å². The molecule has 0 aromatic heterocycles. The third-order valence-electron chi connectivity index (χ3n) is 12.2. The number of halogens is 2. The molecule has 12 rings (SSSR count). The second-order valence-electron chi connectivity index (χ2n) is 18.0. The molecule has 72 heavy (non-hydrogen) atoms. The Labute approximate surface area is 473 Å². The van der Waals surface area contributed by atoms with Crippen molar-refractivity contribution < 1.29 is 73.3 Å². The molecule has 4 aliphatic carbocycles. The van der Waals surface area contributed by atoms with Crippen LogP contribution in [0.3, 0.4) is 0 Å². The Kier molecular flexibility index (Phi) is 23.6. The molecule has 0 atom stereocenters. The average Bonchev–Trinajstić information content (AvgIpc) is 4.22. The molecule has 0 aliphatic heterocycles. The molecule has 0 radical (unpaired) electrons. The number of benzene rings is 8. The number of aryl methyl sites for hydroxylation is 4. The summed E-state index contributed by atoms with van der Waals surface area (Å²) in [6, 6.07) is 71.3. The van der Waals surface area contributed by atoms with Crippen LogP contribution in [-0.2, 0) is 61.3 Å². The predicted molar refractivity (Wildman–Crippen MR) is 291 cm³/mol. The van der Waals surface area contributed by atoms with Crippen molar-refractivity contribution in [2.75, 3.05) is 0 Å². The Balaban J connectivity index is 0.000000164. The Morgan fingerprint density at radius 3 is 0.944 bits per heavy atom. The van der Waals surface area contributed by atoms with Crippen LogP contribution in [0.5, 0.6) is 0 Å². The summed E-state index contributed by atoms with van der Waals surface area (Å²) in [5, 5.41) is 0. The summed E-state index contributed by atoms with van der Waals surface area (Å²) in [4.78, 5) is 0. The van der Waals surface area contributed by atoms with Crippen LogP contribution in [0.15, 0.2) is 217 Å². The fraction of sp³-hybridized carbons (Fsp3) is 0.147. The van der Waals surface area contributed by atoms with Crippen molar-refractivity contribution in [2.45, 2.75) is 67.2 Å². The monoisotopic (exact) mass is 1130 g/mol. The standard InChI is InChI=1S/2C15H13.2C13H10.2C6H7.2ClH.2Zr/c2*1-10-3-5-14-12(7-10)9-13-8-11(2)4-6-15(13)14;2*1-3-7-12(8-4-1)11-13-9-5-2-6-10-13;2*1-6-4-2-3-5-6;;;;/h2*3-7H,9H2,1-2H3;2*1-10H;2*4-5H,2H2,1H3;2*1H;;/q2*-1;;;2*-1;;;2*+2/p-2. The molecule has 4 aliphatic rings. The van der Waals surface area contributed by atoms with Gasteiger partial charge in [-0.15, -0.1) is 48.9 Å². The molecule has 0 bridgehead atoms. The summed E-state index contributed by atoms with van der Waals surface area (Å²) in [6.45, 7) is 12.7. The minimum atomic E-state index is 0. The van der Waals surface area contributed by atoms with E-state index in [0.717, 1.165) is 25.7 Å². The van der Waals surface area contributed by atoms with Gasteiger partial charge in [0.15, 0.2) is 0 Å². The van der Waals surface area contributed by atoms with E-state index in [1.165, 1.54) is 155 Å². The normalized spacial score (nSPS) is 12.1. The van der Waals surface area contributed by atoms with Crippen LogP contribution in [0.25, 0.3) is 22.3 Å². The van der Waals surface area contributed by atoms with Crippen molar-refractivity contribution in [1.82, 2.24) is 0 Å². The van der Waals surface area contributed by atoms with Gasteiger partial charge in [0, 0.05) is 0 Å². The Bertz CT molecular complexity index is 2760. The molecule has 0 heterocycles. The van der Waals surface area contributed by atoms with Crippen LogP contribution >= 0.6 is 0 Å². The fourth-order valence-corrected chi connectivity index (χ4v) is 10.1. The van der Waals surface area contributed by atoms with Crippen LogP contribution in [0.1, 0.15) is 93.5 Å². The van der Waals surface area contributed by atoms with Crippen molar-refractivity contribution in [3.8, 4) is 22.3 Å². The van der Waals surface area contributed by atoms with Crippen molar-refractivity contribution in [2.24, 2.45) is 0 Å². The van der Waals surface area contributed by atoms with E-state index in [9.17, 15) is 0 Å². The summed E-state index contributed by atoms with van der Waals surface area (Å²) < 4.78 is 2.83. The molecular weight excluding hydrogens is 1070 g/mol. The molecule has 0 nitrogen and oxygen atoms in total. The number of hydrogen-bond acceptors (Lipinski definition) is 0. The van der Waals surface area contributed by atoms with E-state index in [2.05, 4.69) is 260 Å². The van der Waals surface area contributed by atoms with Crippen molar-refractivity contribution >= 4 is 6.41 Å². The van der Waals surface area contributed by atoms with Gasteiger partial charge in [0.05, 0.1) is 0 Å². The van der Waals surface area contributed by atoms with Gasteiger partial charge in [0.1, 0.15) is 0 Å². The summed E-state index contributed by atoms with van der Waals surface area (Å²) in [5.41, 5.74) is 24.3. The van der Waals surface area contributed by atoms with Gasteiger partial charge in [-0.3, -0.25) is 12.2 Å². The summed E-state index contributed by atoms with van der Waals surface area (Å²) in [6.07, 6.45) is 18.6. The van der Waals surface area contributed by atoms with Gasteiger partial charge in [0.2, 0.25) is 0 Å². The van der Waals surface area contributed by atoms with E-state index in [-0.39, 0.29) is 24.8 Å². The van der Waals surface area contributed by atoms with Crippen LogP contribution < -0.4 is 24.8 Å². The molecule has 0 N–H and O–H groups in total. The van der Waals surface area contributed by atoms with Gasteiger partial charge in [-0.25, -0.2) is 23.3 Å². The average molecular weight is 1130 g/mol. The molecule has 0 amide bonds. The molecule has 356 valence electrons. The minimum absolute atomic E-state index is 0. The van der Waals surface area contributed by atoms with Gasteiger partial charge in [-0.1, -0.05) is 72.5 Å². The fourth-order valence-electron chi connectivity index (χ4n) is 8.49. The van der Waals surface area contributed by atoms with Gasteiger partial charge in [0.25, 0.3) is 0 Å². The first-order valence-corrected chi connectivity index (χ1v) is 26.6. The Hall–Kier alpha value is -5.19. The Morgan fingerprint density at radius 2 is 0.681 bits per heavy atom. The molecule has 8 aromatic carbocycles. The summed E-state index contributed by atoms with van der Waals surface area (Å²) in [7, 11) is 0. The van der Waals surface area contributed by atoms with Crippen molar-refractivity contribution in [3.63, 3.8) is 0 Å². The van der Waals surface area contributed by atoms with E-state index >= 15 is 0 Å². The van der Waals surface area contributed by atoms with Gasteiger partial charge in [-0.05, 0) is 37.8 Å². The third kappa shape index (κ3) is 16.9. The molecule has 0 unspecified atom stereocenters. The quantitative estimate of drug-likeness (QED) is 0.154. The molecule has 8 aromatic rings. The second kappa shape index (κ2) is 29.5. The molecular formula is C68H60Cl2Zr2-2. The first-order chi connectivity index (χ1) is 34.0. The topological polar surface area (TPSA) is 0 Å². The maximum atomic E-state index is 3.45.